The van der Waals surface area contributed by atoms with Gasteiger partial charge in [-0.2, -0.15) is 0 Å². The van der Waals surface area contributed by atoms with Crippen molar-refractivity contribution in [3.05, 3.63) is 0 Å². The third kappa shape index (κ3) is 7.65. The lowest BCUT2D eigenvalue weighted by Gasteiger charge is -2.23. The Hall–Kier alpha value is -0.610. The molecule has 0 rings (SSSR count). The Kier molecular flexibility index (Phi) is 9.24. The van der Waals surface area contributed by atoms with Gasteiger partial charge in [-0.05, 0) is 26.6 Å². The highest BCUT2D eigenvalue weighted by Crippen LogP contribution is 1.92. The maximum atomic E-state index is 11.5. The van der Waals surface area contributed by atoms with Crippen molar-refractivity contribution in [2.24, 2.45) is 0 Å². The van der Waals surface area contributed by atoms with Crippen LogP contribution in [0.1, 0.15) is 34.1 Å². The van der Waals surface area contributed by atoms with Crippen LogP contribution in [0.2, 0.25) is 0 Å². The number of carbonyl (C=O) groups excluding carboxylic acids is 1. The Morgan fingerprint density at radius 1 is 1.25 bits per heavy atom. The molecule has 4 nitrogen and oxygen atoms in total. The van der Waals surface area contributed by atoms with Crippen molar-refractivity contribution in [1.29, 1.82) is 0 Å². The number of nitrogens with one attached hydrogen (secondary N) is 2. The van der Waals surface area contributed by atoms with Crippen molar-refractivity contribution in [2.45, 2.75) is 40.2 Å². The van der Waals surface area contributed by atoms with Crippen molar-refractivity contribution in [2.75, 3.05) is 32.7 Å². The number of rotatable bonds is 9. The quantitative estimate of drug-likeness (QED) is 0.576. The summed E-state index contributed by atoms with van der Waals surface area (Å²) in [5.41, 5.74) is 0. The molecular weight excluding hydrogens is 202 g/mol. The van der Waals surface area contributed by atoms with Crippen LogP contribution in [0.4, 0.5) is 0 Å². The summed E-state index contributed by atoms with van der Waals surface area (Å²) in [6.45, 7) is 13.1. The van der Waals surface area contributed by atoms with Gasteiger partial charge in [-0.25, -0.2) is 0 Å². The highest BCUT2D eigenvalue weighted by molar-refractivity contribution is 5.76. The van der Waals surface area contributed by atoms with E-state index in [1.807, 2.05) is 6.92 Å². The molecule has 0 aromatic carbocycles. The van der Waals surface area contributed by atoms with Crippen LogP contribution in [0.15, 0.2) is 0 Å². The minimum atomic E-state index is 0.139. The third-order valence-corrected chi connectivity index (χ3v) is 2.61. The second kappa shape index (κ2) is 9.60. The van der Waals surface area contributed by atoms with Gasteiger partial charge in [-0.1, -0.05) is 20.8 Å². The number of hydrogen-bond donors (Lipinski definition) is 2. The monoisotopic (exact) mass is 229 g/mol. The van der Waals surface area contributed by atoms with Crippen molar-refractivity contribution >= 4 is 5.91 Å². The number of carbonyl (C=O) groups is 1. The molecule has 1 unspecified atom stereocenters. The predicted octanol–water partition coefficient (Wildman–Crippen LogP) is 0.833. The highest BCUT2D eigenvalue weighted by Gasteiger charge is 2.09. The van der Waals surface area contributed by atoms with E-state index in [-0.39, 0.29) is 11.9 Å². The fourth-order valence-corrected chi connectivity index (χ4v) is 1.64. The molecule has 0 aliphatic heterocycles. The van der Waals surface area contributed by atoms with E-state index in [0.717, 1.165) is 32.7 Å². The molecule has 0 radical (unpaired) electrons. The Bertz CT molecular complexity index is 181. The first-order valence-electron chi connectivity index (χ1n) is 6.36. The number of nitrogens with zero attached hydrogens (tertiary/aromatic N) is 1. The van der Waals surface area contributed by atoms with E-state index >= 15 is 0 Å². The third-order valence-electron chi connectivity index (χ3n) is 2.61. The fourth-order valence-electron chi connectivity index (χ4n) is 1.64. The first-order chi connectivity index (χ1) is 7.63. The van der Waals surface area contributed by atoms with Gasteiger partial charge in [0, 0.05) is 25.6 Å². The normalized spacial score (nSPS) is 12.8. The van der Waals surface area contributed by atoms with Gasteiger partial charge in [0.15, 0.2) is 0 Å². The van der Waals surface area contributed by atoms with Crippen molar-refractivity contribution in [3.63, 3.8) is 0 Å². The summed E-state index contributed by atoms with van der Waals surface area (Å²) < 4.78 is 0. The summed E-state index contributed by atoms with van der Waals surface area (Å²) in [6.07, 6.45) is 0.566. The molecule has 0 fully saturated rings. The van der Waals surface area contributed by atoms with E-state index in [1.165, 1.54) is 0 Å². The molecule has 0 spiro atoms. The molecule has 2 N–H and O–H groups in total. The number of likely N-dealkylation sites (N-methyl/N-ethyl adjacent to an activating group) is 1. The first-order valence-corrected chi connectivity index (χ1v) is 6.36. The van der Waals surface area contributed by atoms with Crippen molar-refractivity contribution < 1.29 is 4.79 Å². The van der Waals surface area contributed by atoms with E-state index in [4.69, 9.17) is 0 Å². The molecule has 1 amide bonds. The molecule has 0 aliphatic carbocycles. The lowest BCUT2D eigenvalue weighted by Crippen LogP contribution is -2.42. The topological polar surface area (TPSA) is 44.4 Å². The number of hydrogen-bond acceptors (Lipinski definition) is 3. The zero-order valence-electron chi connectivity index (χ0n) is 11.2. The molecule has 96 valence electrons. The fraction of sp³-hybridized carbons (Fsp3) is 0.917. The van der Waals surface area contributed by atoms with Gasteiger partial charge in [0.05, 0.1) is 0 Å². The van der Waals surface area contributed by atoms with Gasteiger partial charge in [0.2, 0.25) is 5.91 Å². The maximum absolute atomic E-state index is 11.5. The van der Waals surface area contributed by atoms with Crippen LogP contribution >= 0.6 is 0 Å². The van der Waals surface area contributed by atoms with Crippen LogP contribution in [0.3, 0.4) is 0 Å². The summed E-state index contributed by atoms with van der Waals surface area (Å²) >= 11 is 0. The average Bonchev–Trinajstić information content (AvgIpc) is 2.26. The zero-order valence-corrected chi connectivity index (χ0v) is 11.2. The molecule has 0 saturated heterocycles. The molecule has 0 aliphatic rings. The minimum absolute atomic E-state index is 0.139. The van der Waals surface area contributed by atoms with Crippen LogP contribution in [-0.4, -0.2) is 49.6 Å². The molecule has 0 heterocycles. The summed E-state index contributed by atoms with van der Waals surface area (Å²) in [4.78, 5) is 13.8. The van der Waals surface area contributed by atoms with Crippen LogP contribution in [-0.2, 0) is 4.79 Å². The minimum Gasteiger partial charge on any atom is -0.352 e. The van der Waals surface area contributed by atoms with Gasteiger partial charge in [0.1, 0.15) is 0 Å². The molecule has 0 aromatic rings. The summed E-state index contributed by atoms with van der Waals surface area (Å²) in [5.74, 6) is 0.139. The van der Waals surface area contributed by atoms with Crippen LogP contribution < -0.4 is 10.6 Å². The van der Waals surface area contributed by atoms with Gasteiger partial charge in [0.25, 0.3) is 0 Å². The Balaban J connectivity index is 3.68. The van der Waals surface area contributed by atoms with Crippen LogP contribution in [0.5, 0.6) is 0 Å². The first kappa shape index (κ1) is 15.4. The molecule has 0 bridgehead atoms. The van der Waals surface area contributed by atoms with Gasteiger partial charge in [-0.3, -0.25) is 4.79 Å². The largest absolute Gasteiger partial charge is 0.352 e. The smallest absolute Gasteiger partial charge is 0.221 e. The summed E-state index contributed by atoms with van der Waals surface area (Å²) in [7, 11) is 0. The van der Waals surface area contributed by atoms with Gasteiger partial charge >= 0.3 is 0 Å². The average molecular weight is 229 g/mol. The second-order valence-corrected chi connectivity index (χ2v) is 4.06. The zero-order chi connectivity index (χ0) is 12.4. The molecule has 0 aromatic heterocycles. The lowest BCUT2D eigenvalue weighted by molar-refractivity contribution is -0.121. The van der Waals surface area contributed by atoms with Crippen molar-refractivity contribution in [1.82, 2.24) is 15.5 Å². The van der Waals surface area contributed by atoms with E-state index < -0.39 is 0 Å². The van der Waals surface area contributed by atoms with E-state index in [9.17, 15) is 4.79 Å². The lowest BCUT2D eigenvalue weighted by atomic mass is 10.2. The van der Waals surface area contributed by atoms with E-state index in [0.29, 0.717) is 6.42 Å². The highest BCUT2D eigenvalue weighted by atomic mass is 16.1. The van der Waals surface area contributed by atoms with E-state index in [1.54, 1.807) is 0 Å². The van der Waals surface area contributed by atoms with Gasteiger partial charge < -0.3 is 15.5 Å². The Labute approximate surface area is 99.8 Å². The van der Waals surface area contributed by atoms with Crippen LogP contribution in [0, 0.1) is 0 Å². The number of amides is 1. The summed E-state index contributed by atoms with van der Waals surface area (Å²) in [5, 5.41) is 6.16. The molecule has 1 atom stereocenters. The second-order valence-electron chi connectivity index (χ2n) is 4.06. The summed E-state index contributed by atoms with van der Waals surface area (Å²) in [6, 6.07) is 0.231. The Morgan fingerprint density at radius 3 is 2.38 bits per heavy atom. The standard InChI is InChI=1S/C12H27N3O/c1-5-13-9-8-12(16)14-11(4)10-15(6-2)7-3/h11,13H,5-10H2,1-4H3,(H,14,16). The molecular formula is C12H27N3O. The van der Waals surface area contributed by atoms with Crippen LogP contribution in [0.25, 0.3) is 0 Å². The molecule has 16 heavy (non-hydrogen) atoms. The molecule has 0 saturated carbocycles. The Morgan fingerprint density at radius 2 is 1.88 bits per heavy atom. The van der Waals surface area contributed by atoms with Crippen molar-refractivity contribution in [3.8, 4) is 0 Å². The maximum Gasteiger partial charge on any atom is 0.221 e. The molecule has 4 heteroatoms. The van der Waals surface area contributed by atoms with Gasteiger partial charge in [-0.15, -0.1) is 0 Å². The van der Waals surface area contributed by atoms with E-state index in [2.05, 4.69) is 36.3 Å². The SMILES string of the molecule is CCNCCC(=O)NC(C)CN(CC)CC. The predicted molar refractivity (Wildman–Crippen MR) is 68.6 cm³/mol.